The average molecular weight is 424 g/mol. The normalized spacial score (nSPS) is 11.6. The summed E-state index contributed by atoms with van der Waals surface area (Å²) in [5, 5.41) is 12.7. The highest BCUT2D eigenvalue weighted by Crippen LogP contribution is 2.27. The number of halogens is 3. The lowest BCUT2D eigenvalue weighted by molar-refractivity contribution is -0.0901. The van der Waals surface area contributed by atoms with Gasteiger partial charge in [0.2, 0.25) is 0 Å². The number of hydrogen-bond donors (Lipinski definition) is 3. The van der Waals surface area contributed by atoms with Crippen LogP contribution in [0.2, 0.25) is 0 Å². The maximum atomic E-state index is 13.4. The van der Waals surface area contributed by atoms with Gasteiger partial charge in [0.1, 0.15) is 19.4 Å². The number of carbonyl (C=O) groups is 1. The van der Waals surface area contributed by atoms with Gasteiger partial charge in [-0.15, -0.1) is 0 Å². The van der Waals surface area contributed by atoms with Gasteiger partial charge in [0.05, 0.1) is 23.2 Å². The van der Waals surface area contributed by atoms with E-state index in [1.807, 2.05) is 0 Å². The molecule has 3 N–H and O–H groups in total. The van der Waals surface area contributed by atoms with E-state index in [2.05, 4.69) is 25.6 Å². The zero-order valence-corrected chi connectivity index (χ0v) is 16.2. The van der Waals surface area contributed by atoms with Gasteiger partial charge in [0, 0.05) is 30.4 Å². The van der Waals surface area contributed by atoms with Crippen LogP contribution in [0.5, 0.6) is 0 Å². The van der Waals surface area contributed by atoms with Gasteiger partial charge in [-0.25, -0.2) is 4.98 Å². The fraction of sp³-hybridized carbons (Fsp3) is 0.0500. The van der Waals surface area contributed by atoms with Gasteiger partial charge in [-0.05, 0) is 30.3 Å². The predicted molar refractivity (Wildman–Crippen MR) is 113 cm³/mol. The average Bonchev–Trinajstić information content (AvgIpc) is 2.74. The van der Waals surface area contributed by atoms with Crippen LogP contribution in [0, 0.1) is 5.41 Å². The molecule has 156 valence electrons. The molecule has 3 aromatic heterocycles. The minimum absolute atomic E-state index is 0.0993. The van der Waals surface area contributed by atoms with E-state index in [1.54, 1.807) is 20.1 Å². The van der Waals surface area contributed by atoms with Gasteiger partial charge in [-0.2, -0.15) is 13.2 Å². The lowest BCUT2D eigenvalue weighted by Gasteiger charge is -2.14. The summed E-state index contributed by atoms with van der Waals surface area (Å²) in [6.07, 6.45) is 2.93. The van der Waals surface area contributed by atoms with Crippen LogP contribution in [0.25, 0.3) is 0 Å². The second-order valence-electron chi connectivity index (χ2n) is 6.47. The van der Waals surface area contributed by atoms with E-state index in [0.29, 0.717) is 17.3 Å². The van der Waals surface area contributed by atoms with Crippen molar-refractivity contribution in [3.63, 3.8) is 0 Å². The number of nitrogens with one attached hydrogen (secondary N) is 3. The molecule has 0 aliphatic heterocycles. The van der Waals surface area contributed by atoms with E-state index in [1.165, 1.54) is 49.1 Å². The number of hydrogen-bond acceptors (Lipinski definition) is 6. The van der Waals surface area contributed by atoms with Gasteiger partial charge in [-0.3, -0.25) is 14.8 Å². The molecule has 0 aliphatic carbocycles. The molecule has 0 saturated carbocycles. The summed E-state index contributed by atoms with van der Waals surface area (Å²) < 4.78 is 40.3. The third kappa shape index (κ3) is 5.98. The number of rotatable bonds is 6. The largest absolute Gasteiger partial charge is 0.431 e. The molecule has 3 aromatic rings. The molecule has 31 heavy (non-hydrogen) atoms. The van der Waals surface area contributed by atoms with Gasteiger partial charge in [0.25, 0.3) is 5.91 Å². The van der Waals surface area contributed by atoms with Crippen LogP contribution in [-0.4, -0.2) is 40.6 Å². The highest BCUT2D eigenvalue weighted by atomic mass is 19.4. The molecule has 0 radical (unpaired) electrons. The zero-order valence-electron chi connectivity index (χ0n) is 16.2. The number of anilines is 2. The van der Waals surface area contributed by atoms with Crippen molar-refractivity contribution in [3.8, 4) is 0 Å². The van der Waals surface area contributed by atoms with Gasteiger partial charge in [-0.1, -0.05) is 11.5 Å². The fourth-order valence-corrected chi connectivity index (χ4v) is 2.50. The first-order valence-electron chi connectivity index (χ1n) is 8.96. The van der Waals surface area contributed by atoms with E-state index in [9.17, 15) is 18.0 Å². The van der Waals surface area contributed by atoms with Crippen LogP contribution in [-0.2, 0) is 0 Å². The van der Waals surface area contributed by atoms with Crippen LogP contribution < -0.4 is 16.1 Å². The van der Waals surface area contributed by atoms with Gasteiger partial charge < -0.3 is 16.0 Å². The van der Waals surface area contributed by atoms with E-state index >= 15 is 0 Å². The van der Waals surface area contributed by atoms with Crippen molar-refractivity contribution in [3.05, 3.63) is 84.2 Å². The third-order valence-electron chi connectivity index (χ3n) is 3.99. The Hall–Kier alpha value is -4.02. The molecule has 0 atom stereocenters. The van der Waals surface area contributed by atoms with E-state index in [0.717, 1.165) is 5.46 Å². The van der Waals surface area contributed by atoms with Crippen molar-refractivity contribution >= 4 is 36.4 Å². The molecule has 0 aromatic carbocycles. The Morgan fingerprint density at radius 3 is 2.42 bits per heavy atom. The van der Waals surface area contributed by atoms with E-state index in [4.69, 9.17) is 5.41 Å². The molecule has 0 aliphatic rings. The molecule has 11 heteroatoms. The molecule has 1 amide bonds. The Kier molecular flexibility index (Phi) is 6.44. The quantitative estimate of drug-likeness (QED) is 0.416. The minimum atomic E-state index is -4.73. The fourth-order valence-electron chi connectivity index (χ4n) is 2.50. The summed E-state index contributed by atoms with van der Waals surface area (Å²) in [5.74, 6) is -0.516. The lowest BCUT2D eigenvalue weighted by Crippen LogP contribution is -2.21. The van der Waals surface area contributed by atoms with Crippen molar-refractivity contribution in [1.29, 1.82) is 5.41 Å². The molecular formula is C20H16BF3N6O. The Labute approximate surface area is 176 Å². The lowest BCUT2D eigenvalue weighted by atomic mass is 9.97. The molecule has 0 spiro atoms. The standard InChI is InChI=1S/C20H16BF3N6O/c21-14-6-13(9-27-10-14)19(31)29-15-3-4-18(28-11-15)30-17(20(22,23)24)7-16(25)12-2-1-5-26-8-12/h1-11,25H,21H2,(H,28,30)(H,29,31)/b17-7-,25-16?. The van der Waals surface area contributed by atoms with Gasteiger partial charge in [0.15, 0.2) is 0 Å². The predicted octanol–water partition coefficient (Wildman–Crippen LogP) is 2.31. The second-order valence-corrected chi connectivity index (χ2v) is 6.47. The smallest absolute Gasteiger partial charge is 0.336 e. The highest BCUT2D eigenvalue weighted by Gasteiger charge is 2.34. The first kappa shape index (κ1) is 21.7. The molecule has 0 bridgehead atoms. The molecule has 3 rings (SSSR count). The Morgan fingerprint density at radius 1 is 1.03 bits per heavy atom. The van der Waals surface area contributed by atoms with Crippen LogP contribution in [0.4, 0.5) is 24.7 Å². The summed E-state index contributed by atoms with van der Waals surface area (Å²) in [4.78, 5) is 23.9. The van der Waals surface area contributed by atoms with Crippen LogP contribution in [0.1, 0.15) is 15.9 Å². The highest BCUT2D eigenvalue weighted by molar-refractivity contribution is 6.32. The monoisotopic (exact) mass is 424 g/mol. The number of aromatic nitrogens is 3. The molecular weight excluding hydrogens is 408 g/mol. The molecule has 0 unspecified atom stereocenters. The summed E-state index contributed by atoms with van der Waals surface area (Å²) in [5.41, 5.74) is 0.188. The Balaban J connectivity index is 1.73. The Morgan fingerprint density at radius 2 is 1.81 bits per heavy atom. The molecule has 7 nitrogen and oxygen atoms in total. The minimum Gasteiger partial charge on any atom is -0.336 e. The number of amides is 1. The van der Waals surface area contributed by atoms with Crippen LogP contribution in [0.3, 0.4) is 0 Å². The van der Waals surface area contributed by atoms with Crippen molar-refractivity contribution in [2.75, 3.05) is 10.6 Å². The number of nitrogens with zero attached hydrogens (tertiary/aromatic N) is 3. The van der Waals surface area contributed by atoms with E-state index < -0.39 is 17.8 Å². The van der Waals surface area contributed by atoms with Crippen molar-refractivity contribution in [2.24, 2.45) is 0 Å². The van der Waals surface area contributed by atoms with Crippen molar-refractivity contribution in [1.82, 2.24) is 15.0 Å². The summed E-state index contributed by atoms with van der Waals surface area (Å²) in [6, 6.07) is 7.37. The van der Waals surface area contributed by atoms with Crippen LogP contribution in [0.15, 0.2) is 73.1 Å². The maximum absolute atomic E-state index is 13.4. The molecule has 3 heterocycles. The number of allylic oxidation sites excluding steroid dienone is 2. The summed E-state index contributed by atoms with van der Waals surface area (Å²) in [7, 11) is 1.80. The third-order valence-corrected chi connectivity index (χ3v) is 3.99. The van der Waals surface area contributed by atoms with E-state index in [-0.39, 0.29) is 17.1 Å². The maximum Gasteiger partial charge on any atom is 0.431 e. The molecule has 0 fully saturated rings. The second kappa shape index (κ2) is 9.20. The number of pyridine rings is 3. The number of alkyl halides is 3. The SMILES string of the molecule is Bc1cncc(C(=O)Nc2ccc(N/C(=C\C(=N)c3cccnc3)C(F)(F)F)nc2)c1. The Bertz CT molecular complexity index is 1120. The van der Waals surface area contributed by atoms with Gasteiger partial charge >= 0.3 is 6.18 Å². The first-order chi connectivity index (χ1) is 14.7. The van der Waals surface area contributed by atoms with Crippen LogP contribution >= 0.6 is 0 Å². The summed E-state index contributed by atoms with van der Waals surface area (Å²) in [6.45, 7) is 0. The van der Waals surface area contributed by atoms with Crippen molar-refractivity contribution in [2.45, 2.75) is 6.18 Å². The summed E-state index contributed by atoms with van der Waals surface area (Å²) >= 11 is 0. The molecule has 0 saturated heterocycles. The van der Waals surface area contributed by atoms with Crippen molar-refractivity contribution < 1.29 is 18.0 Å². The number of carbonyl (C=O) groups excluding carboxylic acids is 1. The topological polar surface area (TPSA) is 104 Å². The first-order valence-corrected chi connectivity index (χ1v) is 8.96. The zero-order chi connectivity index (χ0) is 22.4.